The molecule has 1 fully saturated rings. The van der Waals surface area contributed by atoms with E-state index in [1.165, 1.54) is 70.6 Å². The summed E-state index contributed by atoms with van der Waals surface area (Å²) < 4.78 is 35.5. The molecule has 1 aliphatic rings. The molecule has 58 heavy (non-hydrogen) atoms. The molecule has 1 N–H and O–H groups in total. The van der Waals surface area contributed by atoms with Crippen LogP contribution in [0, 0.1) is 0 Å². The number of benzene rings is 4. The summed E-state index contributed by atoms with van der Waals surface area (Å²) in [6.07, 6.45) is 15.3. The molecular formula is C52H73NO5. The van der Waals surface area contributed by atoms with Crippen LogP contribution in [-0.2, 0) is 50.1 Å². The molecule has 0 radical (unpaired) electrons. The van der Waals surface area contributed by atoms with Gasteiger partial charge in [-0.3, -0.25) is 0 Å². The highest BCUT2D eigenvalue weighted by atomic mass is 16.6. The van der Waals surface area contributed by atoms with E-state index in [2.05, 4.69) is 128 Å². The second-order valence-electron chi connectivity index (χ2n) is 16.1. The van der Waals surface area contributed by atoms with Crippen molar-refractivity contribution in [1.29, 1.82) is 0 Å². The molecule has 6 nitrogen and oxygen atoms in total. The van der Waals surface area contributed by atoms with Crippen LogP contribution in [0.3, 0.4) is 0 Å². The number of unbranched alkanes of at least 4 members (excludes halogenated alkanes) is 12. The Bertz CT molecular complexity index is 1440. The van der Waals surface area contributed by atoms with Crippen LogP contribution < -0.4 is 5.32 Å². The minimum absolute atomic E-state index is 0.188. The van der Waals surface area contributed by atoms with E-state index in [0.29, 0.717) is 33.0 Å². The third-order valence-electron chi connectivity index (χ3n) is 11.4. The zero-order chi connectivity index (χ0) is 40.3. The lowest BCUT2D eigenvalue weighted by Crippen LogP contribution is -2.70. The normalized spacial score (nSPS) is 20.7. The van der Waals surface area contributed by atoms with E-state index in [4.69, 9.17) is 23.7 Å². The molecule has 6 atom stereocenters. The van der Waals surface area contributed by atoms with Gasteiger partial charge in [0.15, 0.2) is 0 Å². The van der Waals surface area contributed by atoms with Crippen molar-refractivity contribution in [3.8, 4) is 0 Å². The predicted octanol–water partition coefficient (Wildman–Crippen LogP) is 12.2. The summed E-state index contributed by atoms with van der Waals surface area (Å²) in [7, 11) is 0. The third kappa shape index (κ3) is 16.4. The minimum atomic E-state index is -0.468. The van der Waals surface area contributed by atoms with Crippen LogP contribution in [0.5, 0.6) is 0 Å². The summed E-state index contributed by atoms with van der Waals surface area (Å²) in [6.45, 7) is 7.84. The summed E-state index contributed by atoms with van der Waals surface area (Å²) in [5.74, 6) is 0. The maximum atomic E-state index is 7.12. The highest BCUT2D eigenvalue weighted by molar-refractivity contribution is 5.18. The second kappa shape index (κ2) is 28.2. The molecule has 4 aromatic carbocycles. The Morgan fingerprint density at radius 3 is 1.05 bits per heavy atom. The monoisotopic (exact) mass is 792 g/mol. The van der Waals surface area contributed by atoms with E-state index in [-0.39, 0.29) is 18.2 Å². The van der Waals surface area contributed by atoms with Crippen molar-refractivity contribution in [3.05, 3.63) is 144 Å². The Kier molecular flexibility index (Phi) is 22.2. The van der Waals surface area contributed by atoms with Gasteiger partial charge in [-0.1, -0.05) is 212 Å². The van der Waals surface area contributed by atoms with Gasteiger partial charge in [0.05, 0.1) is 32.5 Å². The standard InChI is InChI=1S/C52H73NO5/c1-3-5-7-9-11-13-27-37-53-47-48(54-38-28-14-12-10-8-6-4-2)50(56-40-44-31-21-16-22-32-44)52(58-42-46-35-25-18-26-36-46)51(57-41-45-33-23-17-24-34-45)49(47)55-39-43-29-19-15-20-30-43/h15-26,29-36,47-53H,3-14,27-28,37-42H2,1-2H3/t47-,48+,49+,50+,51-,52-/m1/s1. The van der Waals surface area contributed by atoms with Crippen molar-refractivity contribution >= 4 is 0 Å². The lowest BCUT2D eigenvalue weighted by molar-refractivity contribution is -0.258. The number of ether oxygens (including phenoxy) is 5. The van der Waals surface area contributed by atoms with Gasteiger partial charge in [0, 0.05) is 6.61 Å². The first-order valence-electron chi connectivity index (χ1n) is 22.7. The molecule has 0 saturated heterocycles. The van der Waals surface area contributed by atoms with E-state index < -0.39 is 18.3 Å². The number of hydrogen-bond donors (Lipinski definition) is 1. The van der Waals surface area contributed by atoms with Crippen molar-refractivity contribution in [1.82, 2.24) is 5.32 Å². The summed E-state index contributed by atoms with van der Waals surface area (Å²) in [5, 5.41) is 4.02. The molecule has 0 aromatic heterocycles. The Morgan fingerprint density at radius 1 is 0.345 bits per heavy atom. The number of hydrogen-bond acceptors (Lipinski definition) is 6. The fraction of sp³-hybridized carbons (Fsp3) is 0.538. The zero-order valence-electron chi connectivity index (χ0n) is 35.7. The maximum Gasteiger partial charge on any atom is 0.115 e. The second-order valence-corrected chi connectivity index (χ2v) is 16.1. The maximum absolute atomic E-state index is 7.12. The molecule has 6 heteroatoms. The topological polar surface area (TPSA) is 58.2 Å². The summed E-state index contributed by atoms with van der Waals surface area (Å²) in [5.41, 5.74) is 4.46. The Labute approximate surface area is 351 Å². The van der Waals surface area contributed by atoms with Gasteiger partial charge in [-0.25, -0.2) is 0 Å². The third-order valence-corrected chi connectivity index (χ3v) is 11.4. The van der Waals surface area contributed by atoms with Gasteiger partial charge in [-0.2, -0.15) is 0 Å². The molecule has 0 aliphatic heterocycles. The fourth-order valence-corrected chi connectivity index (χ4v) is 8.05. The quantitative estimate of drug-likeness (QED) is 0.0531. The summed E-state index contributed by atoms with van der Waals surface area (Å²) in [6, 6.07) is 41.6. The molecule has 0 bridgehead atoms. The van der Waals surface area contributed by atoms with Gasteiger partial charge in [-0.05, 0) is 41.6 Å². The van der Waals surface area contributed by atoms with Crippen molar-refractivity contribution < 1.29 is 23.7 Å². The van der Waals surface area contributed by atoms with E-state index in [0.717, 1.165) is 48.1 Å². The molecule has 316 valence electrons. The van der Waals surface area contributed by atoms with Crippen molar-refractivity contribution in [3.63, 3.8) is 0 Å². The first-order valence-corrected chi connectivity index (χ1v) is 22.7. The number of rotatable bonds is 30. The van der Waals surface area contributed by atoms with E-state index in [1.807, 2.05) is 12.1 Å². The molecule has 0 unspecified atom stereocenters. The van der Waals surface area contributed by atoms with Crippen LogP contribution >= 0.6 is 0 Å². The van der Waals surface area contributed by atoms with Crippen molar-refractivity contribution in [2.75, 3.05) is 13.2 Å². The Morgan fingerprint density at radius 2 is 0.655 bits per heavy atom. The van der Waals surface area contributed by atoms with Crippen LogP contribution in [-0.4, -0.2) is 49.7 Å². The van der Waals surface area contributed by atoms with Gasteiger partial charge in [0.1, 0.15) is 30.5 Å². The van der Waals surface area contributed by atoms with Gasteiger partial charge >= 0.3 is 0 Å². The van der Waals surface area contributed by atoms with Crippen molar-refractivity contribution in [2.45, 2.75) is 167 Å². The van der Waals surface area contributed by atoms with Gasteiger partial charge in [0.2, 0.25) is 0 Å². The van der Waals surface area contributed by atoms with Crippen LogP contribution in [0.1, 0.15) is 126 Å². The minimum Gasteiger partial charge on any atom is -0.374 e. The van der Waals surface area contributed by atoms with Gasteiger partial charge < -0.3 is 29.0 Å². The zero-order valence-corrected chi connectivity index (χ0v) is 35.7. The Balaban J connectivity index is 1.48. The van der Waals surface area contributed by atoms with Crippen LogP contribution in [0.2, 0.25) is 0 Å². The summed E-state index contributed by atoms with van der Waals surface area (Å²) in [4.78, 5) is 0. The first kappa shape index (κ1) is 45.7. The van der Waals surface area contributed by atoms with E-state index in [9.17, 15) is 0 Å². The highest BCUT2D eigenvalue weighted by Crippen LogP contribution is 2.35. The van der Waals surface area contributed by atoms with Gasteiger partial charge in [0.25, 0.3) is 0 Å². The lowest BCUT2D eigenvalue weighted by atomic mass is 9.81. The summed E-state index contributed by atoms with van der Waals surface area (Å²) >= 11 is 0. The molecule has 1 aliphatic carbocycles. The molecule has 0 heterocycles. The van der Waals surface area contributed by atoms with E-state index >= 15 is 0 Å². The molecule has 0 amide bonds. The van der Waals surface area contributed by atoms with Crippen LogP contribution in [0.15, 0.2) is 121 Å². The Hall–Kier alpha value is -3.36. The largest absolute Gasteiger partial charge is 0.374 e. The smallest absolute Gasteiger partial charge is 0.115 e. The van der Waals surface area contributed by atoms with E-state index in [1.54, 1.807) is 0 Å². The highest BCUT2D eigenvalue weighted by Gasteiger charge is 2.54. The molecule has 5 rings (SSSR count). The fourth-order valence-electron chi connectivity index (χ4n) is 8.05. The lowest BCUT2D eigenvalue weighted by Gasteiger charge is -2.50. The SMILES string of the molecule is CCCCCCCCCN[C@@H]1[C@H](OCCCCCCCCC)[C@H](OCc2ccccc2)[C@@H](OCc2ccccc2)[C@H](OCc2ccccc2)[C@H]1OCc1ccccc1. The van der Waals surface area contributed by atoms with Gasteiger partial charge in [-0.15, -0.1) is 0 Å². The van der Waals surface area contributed by atoms with Crippen LogP contribution in [0.25, 0.3) is 0 Å². The van der Waals surface area contributed by atoms with Crippen molar-refractivity contribution in [2.24, 2.45) is 0 Å². The predicted molar refractivity (Wildman–Crippen MR) is 238 cm³/mol. The first-order chi connectivity index (χ1) is 28.8. The van der Waals surface area contributed by atoms with Crippen LogP contribution in [0.4, 0.5) is 0 Å². The molecule has 0 spiro atoms. The number of nitrogens with one attached hydrogen (secondary N) is 1. The molecular weight excluding hydrogens is 719 g/mol. The molecule has 4 aromatic rings. The average Bonchev–Trinajstić information content (AvgIpc) is 3.27. The average molecular weight is 792 g/mol. The molecule has 1 saturated carbocycles.